The first-order chi connectivity index (χ1) is 26.4. The fourth-order valence-electron chi connectivity index (χ4n) is 6.10. The van der Waals surface area contributed by atoms with Crippen molar-refractivity contribution in [3.8, 4) is 45.6 Å². The van der Waals surface area contributed by atoms with Gasteiger partial charge in [0.05, 0.1) is 61.3 Å². The number of halogens is 16. The summed E-state index contributed by atoms with van der Waals surface area (Å²) in [6, 6.07) is 0. The largest absolute Gasteiger partial charge is 2.00 e. The Bertz CT molecular complexity index is 2840. The second-order valence-electron chi connectivity index (χ2n) is 11.5. The minimum Gasteiger partial charge on any atom is -0.357 e. The average molecular weight is 1660 g/mol. The second kappa shape index (κ2) is 16.6. The van der Waals surface area contributed by atoms with Crippen molar-refractivity contribution in [1.82, 2.24) is 39.9 Å². The molecule has 0 atom stereocenters. The number of hydrogen-bond donors (Lipinski definition) is 0. The van der Waals surface area contributed by atoms with Crippen LogP contribution in [0.3, 0.4) is 0 Å². The average Bonchev–Trinajstić information content (AvgIpc) is 3.92. The summed E-state index contributed by atoms with van der Waals surface area (Å²) in [7, 11) is 0. The third kappa shape index (κ3) is 6.84. The Kier molecular flexibility index (Phi) is 13.2. The maximum absolute atomic E-state index is 6.85. The van der Waals surface area contributed by atoms with Crippen LogP contribution < -0.4 is 9.97 Å². The van der Waals surface area contributed by atoms with Crippen LogP contribution in [0.1, 0.15) is 0 Å². The first kappa shape index (κ1) is 45.3. The molecule has 0 spiro atoms. The molecule has 9 rings (SSSR count). The summed E-state index contributed by atoms with van der Waals surface area (Å²) in [5.74, 6) is 1.02. The fraction of sp³-hybridized carbons (Fsp3) is 0. The van der Waals surface area contributed by atoms with E-state index in [2.05, 4.69) is 191 Å². The zero-order chi connectivity index (χ0) is 40.1. The van der Waals surface area contributed by atoms with Crippen molar-refractivity contribution in [2.45, 2.75) is 0 Å². The monoisotopic (exact) mass is 1650 g/mol. The van der Waals surface area contributed by atoms with E-state index in [1.807, 2.05) is 0 Å². The quantitative estimate of drug-likeness (QED) is 0.0840. The maximum Gasteiger partial charge on any atom is 2.00 e. The van der Waals surface area contributed by atoms with Gasteiger partial charge in [0.25, 0.3) is 0 Å². The Labute approximate surface area is 450 Å². The van der Waals surface area contributed by atoms with E-state index in [1.165, 1.54) is 0 Å². The van der Waals surface area contributed by atoms with Gasteiger partial charge in [-0.25, -0.2) is 9.97 Å². The maximum atomic E-state index is 6.85. The van der Waals surface area contributed by atoms with Gasteiger partial charge in [-0.1, -0.05) is 46.4 Å². The molecule has 291 valence electrons. The van der Waals surface area contributed by atoms with Crippen molar-refractivity contribution in [2.24, 2.45) is 0 Å². The molecule has 2 aliphatic rings. The van der Waals surface area contributed by atoms with Crippen LogP contribution in [0.4, 0.5) is 0 Å². The number of fused-ring (bicyclic) bond motifs is 20. The van der Waals surface area contributed by atoms with Crippen LogP contribution in [-0.2, 0) is 17.1 Å². The summed E-state index contributed by atoms with van der Waals surface area (Å²) in [4.78, 5) is 40.3. The number of hydrogen-bond acceptors (Lipinski definition) is 6. The molecule has 1 radical (unpaired) electrons. The molecule has 0 N–H and O–H groups in total. The number of aromatic nitrogens is 8. The molecule has 4 aromatic carbocycles. The van der Waals surface area contributed by atoms with E-state index in [4.69, 9.17) is 86.3 Å². The molecule has 3 aromatic heterocycles. The van der Waals surface area contributed by atoms with Crippen molar-refractivity contribution in [2.75, 3.05) is 0 Å². The topological polar surface area (TPSA) is 106 Å². The van der Waals surface area contributed by atoms with Crippen molar-refractivity contribution >= 4 is 282 Å². The SMILES string of the molecule is Clc1c(Br)c(Br)c2c(c1Br)-c1nc-2nc2[n-]c(nc3nc(nc4[n-]c(n1)c1c(Br)c(Br)c(Cl)c(Br)c41)-c1c(Br)c(Br)c(Cl)c(Br)c1-3)c1c(Br)c(Br)c(Cl)c(Br)c21.[Cu+2]. The molecular weight excluding hydrogens is 1660 g/mol. The van der Waals surface area contributed by atoms with Gasteiger partial charge in [0.2, 0.25) is 0 Å². The van der Waals surface area contributed by atoms with Gasteiger partial charge in [0.15, 0.2) is 0 Å². The first-order valence-electron chi connectivity index (χ1n) is 14.6. The molecule has 0 aliphatic carbocycles. The Balaban J connectivity index is 0.00000455. The summed E-state index contributed by atoms with van der Waals surface area (Å²) < 4.78 is 6.70. The Hall–Kier alpha value is 1.68. The number of benzene rings is 4. The van der Waals surface area contributed by atoms with E-state index in [9.17, 15) is 0 Å². The molecular formula is C32Br12Cl4CuN8. The molecule has 2 aliphatic heterocycles. The van der Waals surface area contributed by atoms with E-state index in [1.54, 1.807) is 0 Å². The van der Waals surface area contributed by atoms with E-state index in [-0.39, 0.29) is 63.0 Å². The molecule has 25 heteroatoms. The molecule has 0 fully saturated rings. The van der Waals surface area contributed by atoms with Crippen LogP contribution in [0.2, 0.25) is 20.1 Å². The van der Waals surface area contributed by atoms with Gasteiger partial charge in [-0.3, -0.25) is 0 Å². The van der Waals surface area contributed by atoms with Crippen LogP contribution >= 0.6 is 238 Å². The Morgan fingerprint density at radius 3 is 0.807 bits per heavy atom. The van der Waals surface area contributed by atoms with E-state index >= 15 is 0 Å². The van der Waals surface area contributed by atoms with Crippen molar-refractivity contribution in [1.29, 1.82) is 0 Å². The zero-order valence-electron chi connectivity index (χ0n) is 25.9. The van der Waals surface area contributed by atoms with Crippen LogP contribution in [0.25, 0.3) is 89.7 Å². The zero-order valence-corrected chi connectivity index (χ0v) is 48.9. The van der Waals surface area contributed by atoms with Crippen molar-refractivity contribution in [3.05, 3.63) is 73.8 Å². The second-order valence-corrected chi connectivity index (χ2v) is 22.5. The van der Waals surface area contributed by atoms with Gasteiger partial charge in [-0.15, -0.1) is 0 Å². The molecule has 7 aromatic rings. The minimum absolute atomic E-state index is 0. The van der Waals surface area contributed by atoms with E-state index in [0.717, 1.165) is 0 Å². The summed E-state index contributed by atoms with van der Waals surface area (Å²) in [6.07, 6.45) is 0. The summed E-state index contributed by atoms with van der Waals surface area (Å²) in [5, 5.41) is 3.80. The van der Waals surface area contributed by atoms with Crippen LogP contribution in [-0.4, -0.2) is 29.9 Å². The van der Waals surface area contributed by atoms with Crippen LogP contribution in [0.5, 0.6) is 0 Å². The predicted molar refractivity (Wildman–Crippen MR) is 266 cm³/mol. The molecule has 5 heterocycles. The summed E-state index contributed by atoms with van der Waals surface area (Å²) in [5.41, 5.74) is 3.28. The van der Waals surface area contributed by atoms with Crippen molar-refractivity contribution in [3.63, 3.8) is 0 Å². The van der Waals surface area contributed by atoms with Crippen molar-refractivity contribution < 1.29 is 17.1 Å². The molecule has 0 saturated heterocycles. The third-order valence-corrected chi connectivity index (χ3v) is 23.5. The van der Waals surface area contributed by atoms with Gasteiger partial charge in [0, 0.05) is 102 Å². The summed E-state index contributed by atoms with van der Waals surface area (Å²) in [6.45, 7) is 0. The summed E-state index contributed by atoms with van der Waals surface area (Å²) >= 11 is 71.7. The standard InChI is InChI=1S/C32Br12Cl4N8.Cu/c33-9-1-5(13(37)21(45)17(9)41)29-49-25(1)53-30-6-2(10(34)18(42)22(46)14(6)38)27(50-30)55-32-8-4(12(36)20(44)24(48)16(8)40)28(52-32)56-31-7-3(26(51-31)54-29)11(35)19(43)23(47)15(7)39;/q-2;+2. The van der Waals surface area contributed by atoms with E-state index < -0.39 is 0 Å². The normalized spacial score (nSPS) is 12.1. The third-order valence-electron chi connectivity index (χ3n) is 8.55. The fourth-order valence-corrected chi connectivity index (χ4v) is 14.6. The van der Waals surface area contributed by atoms with Crippen LogP contribution in [0.15, 0.2) is 53.7 Å². The number of rotatable bonds is 0. The van der Waals surface area contributed by atoms with Crippen LogP contribution in [0, 0.1) is 0 Å². The van der Waals surface area contributed by atoms with Gasteiger partial charge in [-0.05, 0) is 191 Å². The van der Waals surface area contributed by atoms with Gasteiger partial charge in [0.1, 0.15) is 0 Å². The minimum atomic E-state index is 0. The molecule has 8 bridgehead atoms. The first-order valence-corrected chi connectivity index (χ1v) is 25.6. The van der Waals surface area contributed by atoms with E-state index in [0.29, 0.717) is 118 Å². The molecule has 57 heavy (non-hydrogen) atoms. The van der Waals surface area contributed by atoms with Gasteiger partial charge < -0.3 is 29.9 Å². The molecule has 0 saturated carbocycles. The Morgan fingerprint density at radius 1 is 0.281 bits per heavy atom. The Morgan fingerprint density at radius 2 is 0.509 bits per heavy atom. The molecule has 0 unspecified atom stereocenters. The number of nitrogens with zero attached hydrogens (tertiary/aromatic N) is 8. The van der Waals surface area contributed by atoms with Gasteiger partial charge >= 0.3 is 17.1 Å². The molecule has 8 nitrogen and oxygen atoms in total. The molecule has 0 amide bonds. The van der Waals surface area contributed by atoms with Gasteiger partial charge in [-0.2, -0.15) is 0 Å². The predicted octanol–water partition coefficient (Wildman–Crippen LogP) is 17.9. The smallest absolute Gasteiger partial charge is 0.357 e.